The number of aromatic nitrogens is 1. The first-order valence-electron chi connectivity index (χ1n) is 5.51. The van der Waals surface area contributed by atoms with Crippen molar-refractivity contribution in [2.45, 2.75) is 19.4 Å². The first kappa shape index (κ1) is 12.1. The van der Waals surface area contributed by atoms with Crippen molar-refractivity contribution in [2.24, 2.45) is 0 Å². The van der Waals surface area contributed by atoms with Crippen LogP contribution in [0.4, 0.5) is 0 Å². The zero-order chi connectivity index (χ0) is 12.3. The average Bonchev–Trinajstić information content (AvgIpc) is 2.29. The number of aliphatic hydroxyl groups is 1. The van der Waals surface area contributed by atoms with Crippen molar-refractivity contribution in [3.05, 3.63) is 64.4 Å². The molecule has 2 rings (SSSR count). The third kappa shape index (κ3) is 3.05. The Labute approximate surface area is 106 Å². The van der Waals surface area contributed by atoms with Gasteiger partial charge in [0, 0.05) is 28.9 Å². The van der Waals surface area contributed by atoms with Crippen LogP contribution in [0.2, 0.25) is 5.02 Å². The van der Waals surface area contributed by atoms with E-state index < -0.39 is 6.10 Å². The molecular weight excluding hydrogens is 234 g/mol. The fraction of sp³-hybridized carbons (Fsp3) is 0.214. The van der Waals surface area contributed by atoms with Crippen LogP contribution in [0, 0.1) is 6.92 Å². The fourth-order valence-electron chi connectivity index (χ4n) is 1.85. The SMILES string of the molecule is Cc1ncccc1C(O)Cc1cccc(Cl)c1. The predicted octanol–water partition coefficient (Wildman–Crippen LogP) is 3.32. The van der Waals surface area contributed by atoms with Crippen LogP contribution in [0.5, 0.6) is 0 Å². The van der Waals surface area contributed by atoms with Crippen molar-refractivity contribution in [1.29, 1.82) is 0 Å². The Morgan fingerprint density at radius 2 is 2.12 bits per heavy atom. The standard InChI is InChI=1S/C14H14ClNO/c1-10-13(6-3-7-16-10)14(17)9-11-4-2-5-12(15)8-11/h2-8,14,17H,9H2,1H3. The Hall–Kier alpha value is -1.38. The molecule has 0 fully saturated rings. The molecule has 0 radical (unpaired) electrons. The van der Waals surface area contributed by atoms with Crippen LogP contribution in [-0.4, -0.2) is 10.1 Å². The number of hydrogen-bond donors (Lipinski definition) is 1. The highest BCUT2D eigenvalue weighted by Crippen LogP contribution is 2.21. The van der Waals surface area contributed by atoms with Crippen LogP contribution >= 0.6 is 11.6 Å². The summed E-state index contributed by atoms with van der Waals surface area (Å²) in [6, 6.07) is 11.3. The molecule has 0 aliphatic rings. The average molecular weight is 248 g/mol. The molecule has 17 heavy (non-hydrogen) atoms. The molecule has 1 atom stereocenters. The molecule has 0 bridgehead atoms. The van der Waals surface area contributed by atoms with Gasteiger partial charge in [0.25, 0.3) is 0 Å². The summed E-state index contributed by atoms with van der Waals surface area (Å²) < 4.78 is 0. The number of hydrogen-bond acceptors (Lipinski definition) is 2. The first-order chi connectivity index (χ1) is 8.16. The van der Waals surface area contributed by atoms with Gasteiger partial charge in [0.1, 0.15) is 0 Å². The number of halogens is 1. The molecular formula is C14H14ClNO. The molecule has 0 aliphatic heterocycles. The summed E-state index contributed by atoms with van der Waals surface area (Å²) in [6.45, 7) is 1.90. The minimum atomic E-state index is -0.540. The number of pyridine rings is 1. The Morgan fingerprint density at radius 1 is 1.29 bits per heavy atom. The van der Waals surface area contributed by atoms with Gasteiger partial charge in [0.05, 0.1) is 6.10 Å². The molecule has 1 unspecified atom stereocenters. The minimum Gasteiger partial charge on any atom is -0.388 e. The van der Waals surface area contributed by atoms with Crippen LogP contribution < -0.4 is 0 Å². The quantitative estimate of drug-likeness (QED) is 0.903. The lowest BCUT2D eigenvalue weighted by Gasteiger charge is -2.13. The number of nitrogens with zero attached hydrogens (tertiary/aromatic N) is 1. The van der Waals surface area contributed by atoms with Gasteiger partial charge in [-0.15, -0.1) is 0 Å². The molecule has 0 saturated heterocycles. The molecule has 0 spiro atoms. The van der Waals surface area contributed by atoms with Crippen molar-refractivity contribution >= 4 is 11.6 Å². The molecule has 3 heteroatoms. The van der Waals surface area contributed by atoms with Gasteiger partial charge in [-0.1, -0.05) is 29.8 Å². The van der Waals surface area contributed by atoms with E-state index in [9.17, 15) is 5.11 Å². The second-order valence-corrected chi connectivity index (χ2v) is 4.46. The monoisotopic (exact) mass is 247 g/mol. The Morgan fingerprint density at radius 3 is 2.82 bits per heavy atom. The van der Waals surface area contributed by atoms with Gasteiger partial charge in [-0.3, -0.25) is 4.98 Å². The van der Waals surface area contributed by atoms with Crippen LogP contribution in [0.1, 0.15) is 22.9 Å². The van der Waals surface area contributed by atoms with Crippen molar-refractivity contribution in [2.75, 3.05) is 0 Å². The van der Waals surface area contributed by atoms with E-state index in [2.05, 4.69) is 4.98 Å². The third-order valence-electron chi connectivity index (χ3n) is 2.72. The zero-order valence-electron chi connectivity index (χ0n) is 9.60. The van der Waals surface area contributed by atoms with Gasteiger partial charge in [-0.2, -0.15) is 0 Å². The molecule has 2 aromatic rings. The van der Waals surface area contributed by atoms with E-state index in [1.807, 2.05) is 43.3 Å². The van der Waals surface area contributed by atoms with E-state index in [0.717, 1.165) is 16.8 Å². The summed E-state index contributed by atoms with van der Waals surface area (Å²) >= 11 is 5.91. The minimum absolute atomic E-state index is 0.540. The van der Waals surface area contributed by atoms with Crippen molar-refractivity contribution in [3.63, 3.8) is 0 Å². The largest absolute Gasteiger partial charge is 0.388 e. The molecule has 88 valence electrons. The Kier molecular flexibility index (Phi) is 3.77. The summed E-state index contributed by atoms with van der Waals surface area (Å²) in [4.78, 5) is 4.17. The lowest BCUT2D eigenvalue weighted by Crippen LogP contribution is -2.04. The van der Waals surface area contributed by atoms with Gasteiger partial charge in [-0.05, 0) is 30.7 Å². The molecule has 1 aromatic carbocycles. The highest BCUT2D eigenvalue weighted by molar-refractivity contribution is 6.30. The van der Waals surface area contributed by atoms with Gasteiger partial charge in [0.15, 0.2) is 0 Å². The smallest absolute Gasteiger partial charge is 0.0847 e. The zero-order valence-corrected chi connectivity index (χ0v) is 10.4. The lowest BCUT2D eigenvalue weighted by molar-refractivity contribution is 0.177. The fourth-order valence-corrected chi connectivity index (χ4v) is 2.06. The van der Waals surface area contributed by atoms with Gasteiger partial charge in [-0.25, -0.2) is 0 Å². The van der Waals surface area contributed by atoms with Crippen LogP contribution in [0.25, 0.3) is 0 Å². The van der Waals surface area contributed by atoms with Gasteiger partial charge in [0.2, 0.25) is 0 Å². The van der Waals surface area contributed by atoms with E-state index in [-0.39, 0.29) is 0 Å². The number of rotatable bonds is 3. The molecule has 0 aliphatic carbocycles. The number of aliphatic hydroxyl groups excluding tert-OH is 1. The Bertz CT molecular complexity index is 513. The van der Waals surface area contributed by atoms with Crippen molar-refractivity contribution in [3.8, 4) is 0 Å². The summed E-state index contributed by atoms with van der Waals surface area (Å²) in [7, 11) is 0. The molecule has 1 aromatic heterocycles. The maximum Gasteiger partial charge on any atom is 0.0847 e. The first-order valence-corrected chi connectivity index (χ1v) is 5.88. The molecule has 0 amide bonds. The second-order valence-electron chi connectivity index (χ2n) is 4.03. The third-order valence-corrected chi connectivity index (χ3v) is 2.96. The summed E-state index contributed by atoms with van der Waals surface area (Å²) in [5, 5.41) is 10.9. The maximum atomic E-state index is 10.2. The van der Waals surface area contributed by atoms with E-state index in [4.69, 9.17) is 11.6 Å². The number of aryl methyl sites for hydroxylation is 1. The van der Waals surface area contributed by atoms with E-state index >= 15 is 0 Å². The predicted molar refractivity (Wildman–Crippen MR) is 69.1 cm³/mol. The molecule has 1 N–H and O–H groups in total. The highest BCUT2D eigenvalue weighted by Gasteiger charge is 2.11. The van der Waals surface area contributed by atoms with E-state index in [1.165, 1.54) is 0 Å². The highest BCUT2D eigenvalue weighted by atomic mass is 35.5. The van der Waals surface area contributed by atoms with Crippen LogP contribution in [-0.2, 0) is 6.42 Å². The molecule has 2 nitrogen and oxygen atoms in total. The number of benzene rings is 1. The topological polar surface area (TPSA) is 33.1 Å². The Balaban J connectivity index is 2.17. The summed E-state index contributed by atoms with van der Waals surface area (Å²) in [5.74, 6) is 0. The maximum absolute atomic E-state index is 10.2. The summed E-state index contributed by atoms with van der Waals surface area (Å²) in [5.41, 5.74) is 2.75. The lowest BCUT2D eigenvalue weighted by atomic mass is 10.0. The second kappa shape index (κ2) is 5.30. The summed E-state index contributed by atoms with van der Waals surface area (Å²) in [6.07, 6.45) is 1.74. The van der Waals surface area contributed by atoms with Crippen LogP contribution in [0.15, 0.2) is 42.6 Å². The van der Waals surface area contributed by atoms with Gasteiger partial charge >= 0.3 is 0 Å². The van der Waals surface area contributed by atoms with Gasteiger partial charge < -0.3 is 5.11 Å². The molecule has 1 heterocycles. The van der Waals surface area contributed by atoms with E-state index in [0.29, 0.717) is 11.4 Å². The van der Waals surface area contributed by atoms with Crippen molar-refractivity contribution < 1.29 is 5.11 Å². The normalized spacial score (nSPS) is 12.4. The van der Waals surface area contributed by atoms with Crippen LogP contribution in [0.3, 0.4) is 0 Å². The molecule has 0 saturated carbocycles. The van der Waals surface area contributed by atoms with Crippen molar-refractivity contribution in [1.82, 2.24) is 4.98 Å². The van der Waals surface area contributed by atoms with E-state index in [1.54, 1.807) is 6.20 Å².